The number of hydrogen-bond donors (Lipinski definition) is 2. The van der Waals surface area contributed by atoms with Gasteiger partial charge in [-0.05, 0) is 12.5 Å². The van der Waals surface area contributed by atoms with Crippen LogP contribution in [0, 0.1) is 5.92 Å². The lowest BCUT2D eigenvalue weighted by atomic mass is 10.0. The zero-order valence-electron chi connectivity index (χ0n) is 10.8. The standard InChI is InChI=1S/C12H22N2O3S/c1-2-9(7-13)5-11(15)14-3-4-18-8-10(14)6-12(16)17/h9-10H,2-8,13H2,1H3,(H,16,17). The van der Waals surface area contributed by atoms with Crippen molar-refractivity contribution in [2.45, 2.75) is 32.2 Å². The first-order valence-electron chi connectivity index (χ1n) is 6.37. The van der Waals surface area contributed by atoms with Gasteiger partial charge < -0.3 is 15.7 Å². The molecule has 1 saturated heterocycles. The third-order valence-corrected chi connectivity index (χ3v) is 4.42. The lowest BCUT2D eigenvalue weighted by molar-refractivity contribution is -0.140. The molecular weight excluding hydrogens is 252 g/mol. The summed E-state index contributed by atoms with van der Waals surface area (Å²) < 4.78 is 0. The van der Waals surface area contributed by atoms with Gasteiger partial charge in [0.1, 0.15) is 0 Å². The van der Waals surface area contributed by atoms with Gasteiger partial charge in [0.15, 0.2) is 0 Å². The van der Waals surface area contributed by atoms with Crippen molar-refractivity contribution in [1.82, 2.24) is 4.90 Å². The average Bonchev–Trinajstić information content (AvgIpc) is 2.35. The highest BCUT2D eigenvalue weighted by molar-refractivity contribution is 7.99. The van der Waals surface area contributed by atoms with E-state index in [1.165, 1.54) is 0 Å². The van der Waals surface area contributed by atoms with Crippen LogP contribution in [0.1, 0.15) is 26.2 Å². The number of carbonyl (C=O) groups excluding carboxylic acids is 1. The fourth-order valence-electron chi connectivity index (χ4n) is 2.11. The summed E-state index contributed by atoms with van der Waals surface area (Å²) in [4.78, 5) is 24.7. The third-order valence-electron chi connectivity index (χ3n) is 3.33. The van der Waals surface area contributed by atoms with Crippen molar-refractivity contribution in [2.75, 3.05) is 24.6 Å². The number of rotatable bonds is 6. The molecule has 0 aromatic carbocycles. The molecule has 1 rings (SSSR count). The number of nitrogens with zero attached hydrogens (tertiary/aromatic N) is 1. The molecule has 0 aliphatic carbocycles. The minimum Gasteiger partial charge on any atom is -0.481 e. The minimum atomic E-state index is -0.842. The molecule has 0 bridgehead atoms. The Balaban J connectivity index is 2.59. The van der Waals surface area contributed by atoms with E-state index in [-0.39, 0.29) is 24.3 Å². The van der Waals surface area contributed by atoms with Crippen LogP contribution < -0.4 is 5.73 Å². The lowest BCUT2D eigenvalue weighted by Gasteiger charge is -2.35. The van der Waals surface area contributed by atoms with Crippen LogP contribution in [0.3, 0.4) is 0 Å². The highest BCUT2D eigenvalue weighted by Crippen LogP contribution is 2.21. The molecule has 0 spiro atoms. The largest absolute Gasteiger partial charge is 0.481 e. The second-order valence-corrected chi connectivity index (χ2v) is 5.78. The summed E-state index contributed by atoms with van der Waals surface area (Å²) in [6, 6.07) is -0.163. The first-order chi connectivity index (χ1) is 8.58. The number of aliphatic carboxylic acids is 1. The summed E-state index contributed by atoms with van der Waals surface area (Å²) in [7, 11) is 0. The smallest absolute Gasteiger partial charge is 0.305 e. The number of hydrogen-bond acceptors (Lipinski definition) is 4. The van der Waals surface area contributed by atoms with E-state index in [9.17, 15) is 9.59 Å². The van der Waals surface area contributed by atoms with E-state index in [1.807, 2.05) is 6.92 Å². The van der Waals surface area contributed by atoms with Gasteiger partial charge in [-0.1, -0.05) is 13.3 Å². The fourth-order valence-corrected chi connectivity index (χ4v) is 3.17. The lowest BCUT2D eigenvalue weighted by Crippen LogP contribution is -2.47. The summed E-state index contributed by atoms with van der Waals surface area (Å²) in [6.45, 7) is 3.18. The van der Waals surface area contributed by atoms with Crippen LogP contribution in [0.25, 0.3) is 0 Å². The summed E-state index contributed by atoms with van der Waals surface area (Å²) in [5.41, 5.74) is 5.61. The molecule has 1 aliphatic rings. The van der Waals surface area contributed by atoms with Crippen molar-refractivity contribution in [1.29, 1.82) is 0 Å². The van der Waals surface area contributed by atoms with Crippen molar-refractivity contribution in [2.24, 2.45) is 11.7 Å². The number of carbonyl (C=O) groups is 2. The molecule has 3 N–H and O–H groups in total. The quantitative estimate of drug-likeness (QED) is 0.748. The molecule has 18 heavy (non-hydrogen) atoms. The van der Waals surface area contributed by atoms with E-state index < -0.39 is 5.97 Å². The van der Waals surface area contributed by atoms with Gasteiger partial charge in [-0.2, -0.15) is 11.8 Å². The van der Waals surface area contributed by atoms with Crippen LogP contribution in [0.4, 0.5) is 0 Å². The Labute approximate surface area is 112 Å². The summed E-state index contributed by atoms with van der Waals surface area (Å²) >= 11 is 1.71. The Bertz CT molecular complexity index is 295. The van der Waals surface area contributed by atoms with Crippen molar-refractivity contribution in [3.63, 3.8) is 0 Å². The zero-order valence-corrected chi connectivity index (χ0v) is 11.6. The molecule has 1 heterocycles. The maximum absolute atomic E-state index is 12.2. The van der Waals surface area contributed by atoms with Gasteiger partial charge in [0.05, 0.1) is 12.5 Å². The van der Waals surface area contributed by atoms with Gasteiger partial charge in [-0.15, -0.1) is 0 Å². The predicted molar refractivity (Wildman–Crippen MR) is 72.5 cm³/mol. The molecule has 0 aromatic rings. The van der Waals surface area contributed by atoms with Crippen molar-refractivity contribution in [3.8, 4) is 0 Å². The molecule has 6 heteroatoms. The molecule has 5 nitrogen and oxygen atoms in total. The summed E-state index contributed by atoms with van der Waals surface area (Å²) in [6.07, 6.45) is 1.36. The number of thioether (sulfide) groups is 1. The van der Waals surface area contributed by atoms with Crippen LogP contribution in [0.5, 0.6) is 0 Å². The molecular formula is C12H22N2O3S. The van der Waals surface area contributed by atoms with Crippen LogP contribution in [-0.4, -0.2) is 52.5 Å². The highest BCUT2D eigenvalue weighted by atomic mass is 32.2. The molecule has 1 amide bonds. The predicted octanol–water partition coefficient (Wildman–Crippen LogP) is 0.780. The number of carboxylic acid groups (broad SMARTS) is 1. The van der Waals surface area contributed by atoms with Crippen molar-refractivity contribution < 1.29 is 14.7 Å². The monoisotopic (exact) mass is 274 g/mol. The Morgan fingerprint density at radius 1 is 1.56 bits per heavy atom. The van der Waals surface area contributed by atoms with E-state index in [1.54, 1.807) is 16.7 Å². The van der Waals surface area contributed by atoms with Gasteiger partial charge in [0, 0.05) is 24.5 Å². The second-order valence-electron chi connectivity index (χ2n) is 4.63. The number of amides is 1. The molecule has 1 aliphatic heterocycles. The Kier molecular flexibility index (Phi) is 6.49. The summed E-state index contributed by atoms with van der Waals surface area (Å²) in [5, 5.41) is 8.87. The van der Waals surface area contributed by atoms with E-state index >= 15 is 0 Å². The zero-order chi connectivity index (χ0) is 13.5. The molecule has 0 radical (unpaired) electrons. The minimum absolute atomic E-state index is 0.0398. The maximum Gasteiger partial charge on any atom is 0.305 e. The molecule has 0 aromatic heterocycles. The molecule has 2 unspecified atom stereocenters. The molecule has 104 valence electrons. The van der Waals surface area contributed by atoms with Gasteiger partial charge in [0.2, 0.25) is 5.91 Å². The second kappa shape index (κ2) is 7.63. The van der Waals surface area contributed by atoms with Crippen LogP contribution in [-0.2, 0) is 9.59 Å². The van der Waals surface area contributed by atoms with Crippen LogP contribution in [0.15, 0.2) is 0 Å². The molecule has 2 atom stereocenters. The number of nitrogens with two attached hydrogens (primary N) is 1. The Morgan fingerprint density at radius 3 is 2.83 bits per heavy atom. The van der Waals surface area contributed by atoms with Crippen molar-refractivity contribution in [3.05, 3.63) is 0 Å². The van der Waals surface area contributed by atoms with Crippen LogP contribution in [0.2, 0.25) is 0 Å². The SMILES string of the molecule is CCC(CN)CC(=O)N1CCSCC1CC(=O)O. The Hall–Kier alpha value is -0.750. The Morgan fingerprint density at radius 2 is 2.28 bits per heavy atom. The van der Waals surface area contributed by atoms with E-state index in [0.717, 1.165) is 17.9 Å². The molecule has 0 saturated carbocycles. The van der Waals surface area contributed by atoms with Gasteiger partial charge in [-0.25, -0.2) is 0 Å². The van der Waals surface area contributed by atoms with Crippen LogP contribution >= 0.6 is 11.8 Å². The van der Waals surface area contributed by atoms with E-state index in [4.69, 9.17) is 10.8 Å². The first-order valence-corrected chi connectivity index (χ1v) is 7.53. The topological polar surface area (TPSA) is 83.6 Å². The normalized spacial score (nSPS) is 21.7. The van der Waals surface area contributed by atoms with Gasteiger partial charge >= 0.3 is 5.97 Å². The van der Waals surface area contributed by atoms with E-state index in [2.05, 4.69) is 0 Å². The number of carboxylic acids is 1. The maximum atomic E-state index is 12.2. The third kappa shape index (κ3) is 4.49. The molecule has 1 fully saturated rings. The summed E-state index contributed by atoms with van der Waals surface area (Å²) in [5.74, 6) is 1.03. The fraction of sp³-hybridized carbons (Fsp3) is 0.833. The van der Waals surface area contributed by atoms with E-state index in [0.29, 0.717) is 19.5 Å². The highest BCUT2D eigenvalue weighted by Gasteiger charge is 2.29. The van der Waals surface area contributed by atoms with Gasteiger partial charge in [0.25, 0.3) is 0 Å². The first kappa shape index (κ1) is 15.3. The van der Waals surface area contributed by atoms with Gasteiger partial charge in [-0.3, -0.25) is 9.59 Å². The average molecular weight is 274 g/mol. The van der Waals surface area contributed by atoms with Crippen molar-refractivity contribution >= 4 is 23.6 Å².